The van der Waals surface area contributed by atoms with Crippen molar-refractivity contribution in [3.8, 4) is 0 Å². The van der Waals surface area contributed by atoms with Gasteiger partial charge in [-0.3, -0.25) is 0 Å². The molecule has 2 aromatic rings. The highest BCUT2D eigenvalue weighted by Crippen LogP contribution is 2.24. The van der Waals surface area contributed by atoms with E-state index in [0.29, 0.717) is 12.1 Å². The van der Waals surface area contributed by atoms with E-state index in [9.17, 15) is 8.78 Å². The molecule has 0 fully saturated rings. The van der Waals surface area contributed by atoms with E-state index in [0.717, 1.165) is 16.1 Å². The minimum absolute atomic E-state index is 0. The van der Waals surface area contributed by atoms with Gasteiger partial charge >= 0.3 is 0 Å². The Balaban J connectivity index is 0.00000200. The summed E-state index contributed by atoms with van der Waals surface area (Å²) in [5.41, 5.74) is 0.419. The third-order valence-electron chi connectivity index (χ3n) is 2.80. The maximum Gasteiger partial charge on any atom is 0.262 e. The lowest BCUT2D eigenvalue weighted by Gasteiger charge is -2.10. The van der Waals surface area contributed by atoms with Gasteiger partial charge in [0.25, 0.3) is 5.01 Å². The molecule has 0 amide bonds. The van der Waals surface area contributed by atoms with E-state index in [4.69, 9.17) is 0 Å². The standard InChI is InChI=1S/C14H17F2N2S.BrH/c1-9-18(17-13(19-9)14(2,3)4)8-10-5-6-11(15)7-12(10)16;/h5-7H,8H2,1-4H3;1H/q+1;/p-1. The third-order valence-corrected chi connectivity index (χ3v) is 4.19. The van der Waals surface area contributed by atoms with Gasteiger partial charge in [-0.25, -0.2) is 8.78 Å². The number of hydrogen-bond donors (Lipinski definition) is 0. The van der Waals surface area contributed by atoms with Crippen molar-refractivity contribution < 1.29 is 30.4 Å². The highest BCUT2D eigenvalue weighted by atomic mass is 79.9. The van der Waals surface area contributed by atoms with Gasteiger partial charge in [-0.2, -0.15) is 0 Å². The number of benzene rings is 1. The second-order valence-electron chi connectivity index (χ2n) is 5.57. The monoisotopic (exact) mass is 362 g/mol. The molecule has 0 aliphatic heterocycles. The van der Waals surface area contributed by atoms with E-state index in [1.165, 1.54) is 12.1 Å². The molecule has 1 aromatic heterocycles. The molecule has 0 spiro atoms. The topological polar surface area (TPSA) is 16.8 Å². The van der Waals surface area contributed by atoms with Crippen LogP contribution in [-0.4, -0.2) is 5.10 Å². The number of halogens is 3. The SMILES string of the molecule is Cc1sc(C(C)(C)C)n[n+]1Cc1ccc(F)cc1F.[Br-]. The molecule has 0 N–H and O–H groups in total. The molecular formula is C14H17BrF2N2S. The van der Waals surface area contributed by atoms with Gasteiger partial charge in [-0.05, 0) is 23.5 Å². The number of aryl methyl sites for hydroxylation is 1. The summed E-state index contributed by atoms with van der Waals surface area (Å²) in [7, 11) is 0. The normalized spacial score (nSPS) is 11.3. The van der Waals surface area contributed by atoms with Crippen LogP contribution in [0.25, 0.3) is 0 Å². The van der Waals surface area contributed by atoms with Gasteiger partial charge in [0, 0.05) is 23.5 Å². The minimum atomic E-state index is -0.559. The zero-order valence-corrected chi connectivity index (χ0v) is 14.3. The molecule has 0 saturated heterocycles. The quantitative estimate of drug-likeness (QED) is 0.705. The molecule has 0 atom stereocenters. The Hall–Kier alpha value is -0.880. The lowest BCUT2D eigenvalue weighted by atomic mass is 9.98. The fourth-order valence-electron chi connectivity index (χ4n) is 1.65. The minimum Gasteiger partial charge on any atom is -1.00 e. The van der Waals surface area contributed by atoms with E-state index >= 15 is 0 Å². The van der Waals surface area contributed by atoms with E-state index in [1.54, 1.807) is 16.0 Å². The lowest BCUT2D eigenvalue weighted by Crippen LogP contribution is -3.00. The Kier molecular flexibility index (Phi) is 5.38. The third kappa shape index (κ3) is 3.82. The number of hydrogen-bond acceptors (Lipinski definition) is 2. The van der Waals surface area contributed by atoms with Crippen molar-refractivity contribution >= 4 is 11.3 Å². The van der Waals surface area contributed by atoms with Crippen LogP contribution < -0.4 is 21.7 Å². The summed E-state index contributed by atoms with van der Waals surface area (Å²) < 4.78 is 28.3. The molecule has 20 heavy (non-hydrogen) atoms. The molecule has 0 aliphatic rings. The zero-order valence-electron chi connectivity index (χ0n) is 11.9. The number of aromatic nitrogens is 2. The second-order valence-corrected chi connectivity index (χ2v) is 6.75. The molecule has 0 bridgehead atoms. The fraction of sp³-hybridized carbons (Fsp3) is 0.429. The van der Waals surface area contributed by atoms with Gasteiger partial charge in [0.15, 0.2) is 5.01 Å². The van der Waals surface area contributed by atoms with E-state index in [-0.39, 0.29) is 22.4 Å². The molecule has 1 aromatic carbocycles. The molecule has 2 rings (SSSR count). The predicted octanol–water partition coefficient (Wildman–Crippen LogP) is 0.367. The Morgan fingerprint density at radius 1 is 1.25 bits per heavy atom. The molecule has 110 valence electrons. The summed E-state index contributed by atoms with van der Waals surface area (Å²) in [5.74, 6) is -1.09. The summed E-state index contributed by atoms with van der Waals surface area (Å²) in [6.45, 7) is 8.55. The van der Waals surface area contributed by atoms with Crippen LogP contribution in [0, 0.1) is 18.6 Å². The Bertz CT molecular complexity index is 606. The molecular weight excluding hydrogens is 346 g/mol. The van der Waals surface area contributed by atoms with Crippen molar-refractivity contribution in [2.45, 2.75) is 39.7 Å². The largest absolute Gasteiger partial charge is 1.00 e. The lowest BCUT2D eigenvalue weighted by molar-refractivity contribution is -0.746. The molecule has 0 unspecified atom stereocenters. The molecule has 2 nitrogen and oxygen atoms in total. The van der Waals surface area contributed by atoms with Crippen molar-refractivity contribution in [1.29, 1.82) is 0 Å². The van der Waals surface area contributed by atoms with Crippen molar-refractivity contribution in [1.82, 2.24) is 5.10 Å². The van der Waals surface area contributed by atoms with Gasteiger partial charge in [-0.15, -0.1) is 0 Å². The van der Waals surface area contributed by atoms with Crippen LogP contribution >= 0.6 is 11.3 Å². The van der Waals surface area contributed by atoms with Crippen LogP contribution in [0.4, 0.5) is 8.78 Å². The van der Waals surface area contributed by atoms with Crippen molar-refractivity contribution in [3.63, 3.8) is 0 Å². The maximum absolute atomic E-state index is 13.6. The van der Waals surface area contributed by atoms with Crippen LogP contribution in [0.15, 0.2) is 18.2 Å². The summed E-state index contributed by atoms with van der Waals surface area (Å²) in [6, 6.07) is 3.64. The molecule has 1 heterocycles. The highest BCUT2D eigenvalue weighted by Gasteiger charge is 2.26. The summed E-state index contributed by atoms with van der Waals surface area (Å²) >= 11 is 1.60. The van der Waals surface area contributed by atoms with Crippen LogP contribution in [0.3, 0.4) is 0 Å². The highest BCUT2D eigenvalue weighted by molar-refractivity contribution is 7.11. The van der Waals surface area contributed by atoms with Crippen LogP contribution in [0.1, 0.15) is 36.3 Å². The van der Waals surface area contributed by atoms with E-state index < -0.39 is 11.6 Å². The average Bonchev–Trinajstić information content (AvgIpc) is 2.64. The molecule has 6 heteroatoms. The van der Waals surface area contributed by atoms with Crippen LogP contribution in [0.5, 0.6) is 0 Å². The van der Waals surface area contributed by atoms with Gasteiger partial charge in [0.05, 0.1) is 5.56 Å². The van der Waals surface area contributed by atoms with Crippen molar-refractivity contribution in [3.05, 3.63) is 45.4 Å². The van der Waals surface area contributed by atoms with Crippen molar-refractivity contribution in [2.24, 2.45) is 0 Å². The fourth-order valence-corrected chi connectivity index (χ4v) is 2.59. The Morgan fingerprint density at radius 3 is 2.40 bits per heavy atom. The van der Waals surface area contributed by atoms with Crippen LogP contribution in [-0.2, 0) is 12.0 Å². The second kappa shape index (κ2) is 6.26. The first-order valence-corrected chi connectivity index (χ1v) is 6.91. The van der Waals surface area contributed by atoms with Gasteiger partial charge in [0.1, 0.15) is 11.6 Å². The molecule has 0 radical (unpaired) electrons. The number of nitrogens with zero attached hydrogens (tertiary/aromatic N) is 2. The summed E-state index contributed by atoms with van der Waals surface area (Å²) in [4.78, 5) is 0. The van der Waals surface area contributed by atoms with Gasteiger partial charge < -0.3 is 17.0 Å². The van der Waals surface area contributed by atoms with E-state index in [1.807, 2.05) is 6.92 Å². The average molecular weight is 363 g/mol. The Labute approximate surface area is 132 Å². The van der Waals surface area contributed by atoms with E-state index in [2.05, 4.69) is 25.9 Å². The van der Waals surface area contributed by atoms with Gasteiger partial charge in [-0.1, -0.05) is 25.5 Å². The molecule has 0 aliphatic carbocycles. The first kappa shape index (κ1) is 17.2. The predicted molar refractivity (Wildman–Crippen MR) is 71.2 cm³/mol. The first-order valence-electron chi connectivity index (χ1n) is 6.09. The smallest absolute Gasteiger partial charge is 0.262 e. The maximum atomic E-state index is 13.6. The molecule has 0 saturated carbocycles. The van der Waals surface area contributed by atoms with Gasteiger partial charge in [0.2, 0.25) is 6.54 Å². The first-order chi connectivity index (χ1) is 8.77. The Morgan fingerprint density at radius 2 is 1.90 bits per heavy atom. The zero-order chi connectivity index (χ0) is 14.2. The summed E-state index contributed by atoms with van der Waals surface area (Å²) in [6.07, 6.45) is 0. The number of rotatable bonds is 2. The van der Waals surface area contributed by atoms with Crippen LogP contribution in [0.2, 0.25) is 0 Å². The summed E-state index contributed by atoms with van der Waals surface area (Å²) in [5, 5.41) is 6.53. The van der Waals surface area contributed by atoms with Crippen molar-refractivity contribution in [2.75, 3.05) is 0 Å².